The topological polar surface area (TPSA) is 20.2 Å². The number of unbranched alkanes of at least 4 members (excludes halogenated alkanes) is 9. The van der Waals surface area contributed by atoms with E-state index in [0.29, 0.717) is 8.67 Å². The van der Waals surface area contributed by atoms with Gasteiger partial charge in [-0.3, -0.25) is 0 Å². The van der Waals surface area contributed by atoms with Gasteiger partial charge in [0.15, 0.2) is 0 Å². The summed E-state index contributed by atoms with van der Waals surface area (Å²) in [6.45, 7) is 2.26. The van der Waals surface area contributed by atoms with E-state index in [2.05, 4.69) is 6.92 Å². The Kier molecular flexibility index (Phi) is 10.8. The second kappa shape index (κ2) is 11.8. The first-order valence-electron chi connectivity index (χ1n) is 8.28. The van der Waals surface area contributed by atoms with E-state index in [1.165, 1.54) is 69.1 Å². The van der Waals surface area contributed by atoms with Crippen molar-refractivity contribution in [2.24, 2.45) is 0 Å². The fraction of sp³-hybridized carbons (Fsp3) is 0.765. The summed E-state index contributed by atoms with van der Waals surface area (Å²) < 4.78 is 1.27. The van der Waals surface area contributed by atoms with Gasteiger partial charge in [-0.25, -0.2) is 0 Å². The van der Waals surface area contributed by atoms with Gasteiger partial charge in [0.25, 0.3) is 0 Å². The second-order valence-electron chi connectivity index (χ2n) is 5.77. The molecule has 0 aliphatic heterocycles. The number of hydrogen-bond acceptors (Lipinski definition) is 2. The maximum absolute atomic E-state index is 10.1. The van der Waals surface area contributed by atoms with E-state index < -0.39 is 6.10 Å². The van der Waals surface area contributed by atoms with E-state index in [1.54, 1.807) is 6.07 Å². The summed E-state index contributed by atoms with van der Waals surface area (Å²) in [5.41, 5.74) is 0.794. The van der Waals surface area contributed by atoms with Crippen molar-refractivity contribution in [3.8, 4) is 0 Å². The molecule has 0 saturated heterocycles. The molecule has 1 N–H and O–H groups in total. The Morgan fingerprint density at radius 3 is 1.95 bits per heavy atom. The van der Waals surface area contributed by atoms with Crippen LogP contribution in [0.25, 0.3) is 0 Å². The highest BCUT2D eigenvalue weighted by atomic mass is 35.5. The van der Waals surface area contributed by atoms with E-state index >= 15 is 0 Å². The maximum Gasteiger partial charge on any atom is 0.100 e. The van der Waals surface area contributed by atoms with Crippen molar-refractivity contribution in [3.63, 3.8) is 0 Å². The lowest BCUT2D eigenvalue weighted by molar-refractivity contribution is 0.164. The average molecular weight is 351 g/mol. The Labute approximate surface area is 143 Å². The molecule has 1 unspecified atom stereocenters. The molecule has 0 aliphatic rings. The van der Waals surface area contributed by atoms with Gasteiger partial charge in [-0.1, -0.05) is 94.3 Å². The van der Waals surface area contributed by atoms with Gasteiger partial charge in [-0.15, -0.1) is 11.3 Å². The van der Waals surface area contributed by atoms with Crippen LogP contribution < -0.4 is 0 Å². The highest BCUT2D eigenvalue weighted by Crippen LogP contribution is 2.36. The molecule has 122 valence electrons. The lowest BCUT2D eigenvalue weighted by Crippen LogP contribution is -1.96. The molecule has 1 aromatic rings. The summed E-state index contributed by atoms with van der Waals surface area (Å²) in [6, 6.07) is 1.79. The van der Waals surface area contributed by atoms with Gasteiger partial charge in [-0.05, 0) is 12.5 Å². The summed E-state index contributed by atoms with van der Waals surface area (Å²) in [5.74, 6) is 0. The fourth-order valence-corrected chi connectivity index (χ4v) is 4.13. The van der Waals surface area contributed by atoms with Crippen LogP contribution in [0.4, 0.5) is 0 Å². The van der Waals surface area contributed by atoms with Crippen LogP contribution in [0.1, 0.15) is 89.2 Å². The average Bonchev–Trinajstić information content (AvgIpc) is 2.79. The number of hydrogen-bond donors (Lipinski definition) is 1. The molecular weight excluding hydrogens is 323 g/mol. The predicted molar refractivity (Wildman–Crippen MR) is 95.8 cm³/mol. The Morgan fingerprint density at radius 2 is 1.48 bits per heavy atom. The molecule has 1 nitrogen and oxygen atoms in total. The minimum Gasteiger partial charge on any atom is -0.388 e. The van der Waals surface area contributed by atoms with Crippen molar-refractivity contribution in [1.82, 2.24) is 0 Å². The first-order chi connectivity index (χ1) is 10.1. The molecule has 0 fully saturated rings. The number of thiophene rings is 1. The summed E-state index contributed by atoms with van der Waals surface area (Å²) in [4.78, 5) is 0. The van der Waals surface area contributed by atoms with Gasteiger partial charge in [-0.2, -0.15) is 0 Å². The van der Waals surface area contributed by atoms with E-state index in [4.69, 9.17) is 23.2 Å². The summed E-state index contributed by atoms with van der Waals surface area (Å²) in [5, 5.41) is 10.1. The lowest BCUT2D eigenvalue weighted by Gasteiger charge is -2.09. The zero-order valence-electron chi connectivity index (χ0n) is 13.0. The minimum atomic E-state index is -0.463. The van der Waals surface area contributed by atoms with Crippen LogP contribution in [0.15, 0.2) is 6.07 Å². The first kappa shape index (κ1) is 19.3. The molecule has 1 atom stereocenters. The molecule has 0 saturated carbocycles. The van der Waals surface area contributed by atoms with Crippen molar-refractivity contribution < 1.29 is 5.11 Å². The largest absolute Gasteiger partial charge is 0.388 e. The molecule has 0 amide bonds. The quantitative estimate of drug-likeness (QED) is 0.389. The van der Waals surface area contributed by atoms with E-state index in [0.717, 1.165) is 18.4 Å². The van der Waals surface area contributed by atoms with Crippen molar-refractivity contribution >= 4 is 34.5 Å². The molecule has 1 rings (SSSR count). The van der Waals surface area contributed by atoms with Crippen LogP contribution in [-0.4, -0.2) is 5.11 Å². The van der Waals surface area contributed by atoms with E-state index in [-0.39, 0.29) is 0 Å². The Morgan fingerprint density at radius 1 is 0.952 bits per heavy atom. The number of rotatable bonds is 12. The predicted octanol–water partition coefficient (Wildman–Crippen LogP) is 7.40. The van der Waals surface area contributed by atoms with Gasteiger partial charge in [0.1, 0.15) is 4.34 Å². The number of aliphatic hydroxyl groups excluding tert-OH is 1. The smallest absolute Gasteiger partial charge is 0.100 e. The molecular formula is C17H28Cl2OS. The maximum atomic E-state index is 10.1. The Balaban J connectivity index is 1.98. The molecule has 0 spiro atoms. The van der Waals surface area contributed by atoms with Gasteiger partial charge < -0.3 is 5.11 Å². The Bertz CT molecular complexity index is 379. The monoisotopic (exact) mass is 350 g/mol. The highest BCUT2D eigenvalue weighted by Gasteiger charge is 2.14. The zero-order chi connectivity index (χ0) is 15.5. The van der Waals surface area contributed by atoms with Crippen LogP contribution >= 0.6 is 34.5 Å². The van der Waals surface area contributed by atoms with Gasteiger partial charge >= 0.3 is 0 Å². The molecule has 0 aromatic carbocycles. The van der Waals surface area contributed by atoms with E-state index in [9.17, 15) is 5.11 Å². The summed E-state index contributed by atoms with van der Waals surface area (Å²) >= 11 is 13.3. The van der Waals surface area contributed by atoms with Crippen molar-refractivity contribution in [2.75, 3.05) is 0 Å². The van der Waals surface area contributed by atoms with Crippen molar-refractivity contribution in [1.29, 1.82) is 0 Å². The molecule has 0 bridgehead atoms. The molecule has 0 radical (unpaired) electrons. The molecule has 21 heavy (non-hydrogen) atoms. The highest BCUT2D eigenvalue weighted by molar-refractivity contribution is 7.20. The first-order valence-corrected chi connectivity index (χ1v) is 9.85. The van der Waals surface area contributed by atoms with Crippen LogP contribution in [0, 0.1) is 0 Å². The standard InChI is InChI=1S/C17H28Cl2OS/c1-2-3-4-5-6-7-8-9-10-11-12-15(20)14-13-16(18)21-17(14)19/h13,15,20H,2-12H2,1H3. The summed E-state index contributed by atoms with van der Waals surface area (Å²) in [6.07, 6.45) is 13.4. The zero-order valence-corrected chi connectivity index (χ0v) is 15.4. The summed E-state index contributed by atoms with van der Waals surface area (Å²) in [7, 11) is 0. The number of halogens is 2. The van der Waals surface area contributed by atoms with Crippen LogP contribution in [0.5, 0.6) is 0 Å². The SMILES string of the molecule is CCCCCCCCCCCCC(O)c1cc(Cl)sc1Cl. The second-order valence-corrected chi connectivity index (χ2v) is 8.05. The van der Waals surface area contributed by atoms with Gasteiger partial charge in [0, 0.05) is 5.56 Å². The molecule has 1 heterocycles. The molecule has 1 aromatic heterocycles. The van der Waals surface area contributed by atoms with Crippen LogP contribution in [0.2, 0.25) is 8.67 Å². The van der Waals surface area contributed by atoms with Gasteiger partial charge in [0.05, 0.1) is 10.4 Å². The normalized spacial score (nSPS) is 12.8. The third kappa shape index (κ3) is 8.44. The lowest BCUT2D eigenvalue weighted by atomic mass is 10.0. The van der Waals surface area contributed by atoms with Crippen molar-refractivity contribution in [2.45, 2.75) is 83.7 Å². The third-order valence-electron chi connectivity index (χ3n) is 3.87. The third-order valence-corrected chi connectivity index (χ3v) is 5.39. The molecule has 4 heteroatoms. The Hall–Kier alpha value is 0.240. The molecule has 0 aliphatic carbocycles. The van der Waals surface area contributed by atoms with Gasteiger partial charge in [0.2, 0.25) is 0 Å². The van der Waals surface area contributed by atoms with E-state index in [1.807, 2.05) is 0 Å². The van der Waals surface area contributed by atoms with Crippen LogP contribution in [-0.2, 0) is 0 Å². The fourth-order valence-electron chi connectivity index (χ4n) is 2.56. The number of aliphatic hydroxyl groups is 1. The van der Waals surface area contributed by atoms with Crippen molar-refractivity contribution in [3.05, 3.63) is 20.3 Å². The van der Waals surface area contributed by atoms with Crippen LogP contribution in [0.3, 0.4) is 0 Å². The minimum absolute atomic E-state index is 0.463.